The van der Waals surface area contributed by atoms with Crippen LogP contribution in [0.5, 0.6) is 23.0 Å². The molecule has 0 spiro atoms. The number of nitrogen functional groups attached to an aromatic ring is 2. The third-order valence-electron chi connectivity index (χ3n) is 10.2. The van der Waals surface area contributed by atoms with Crippen molar-refractivity contribution in [2.45, 2.75) is 92.9 Å². The summed E-state index contributed by atoms with van der Waals surface area (Å²) in [5, 5.41) is 0. The van der Waals surface area contributed by atoms with E-state index < -0.39 is 0 Å². The lowest BCUT2D eigenvalue weighted by molar-refractivity contribution is 0.172. The first-order valence-corrected chi connectivity index (χ1v) is 16.1. The van der Waals surface area contributed by atoms with Crippen LogP contribution in [0.4, 0.5) is 11.4 Å². The highest BCUT2D eigenvalue weighted by atomic mass is 16.5. The van der Waals surface area contributed by atoms with Crippen LogP contribution < -0.4 is 20.9 Å². The van der Waals surface area contributed by atoms with Crippen LogP contribution in [0, 0.1) is 53.4 Å². The van der Waals surface area contributed by atoms with Crippen molar-refractivity contribution in [3.63, 3.8) is 0 Å². The molecule has 1 saturated carbocycles. The molecular weight excluding hydrogens is 540 g/mol. The van der Waals surface area contributed by atoms with Gasteiger partial charge in [-0.1, -0.05) is 45.0 Å². The van der Waals surface area contributed by atoms with Crippen molar-refractivity contribution in [2.24, 2.45) is 11.8 Å². The van der Waals surface area contributed by atoms with E-state index in [0.717, 1.165) is 63.0 Å². The first kappa shape index (κ1) is 31.5. The Balaban J connectivity index is 1.52. The lowest BCUT2D eigenvalue weighted by atomic mass is 9.57. The molecule has 4 aromatic rings. The van der Waals surface area contributed by atoms with Crippen molar-refractivity contribution in [3.05, 3.63) is 105 Å². The van der Waals surface area contributed by atoms with Crippen LogP contribution in [0.2, 0.25) is 0 Å². The molecule has 0 saturated heterocycles. The maximum absolute atomic E-state index is 6.44. The van der Waals surface area contributed by atoms with Crippen molar-refractivity contribution in [1.82, 2.24) is 0 Å². The van der Waals surface area contributed by atoms with Crippen LogP contribution in [-0.2, 0) is 5.41 Å². The van der Waals surface area contributed by atoms with E-state index in [0.29, 0.717) is 17.8 Å². The van der Waals surface area contributed by atoms with Crippen molar-refractivity contribution in [3.8, 4) is 23.0 Å². The van der Waals surface area contributed by atoms with E-state index in [2.05, 4.69) is 72.7 Å². The number of aryl methyl sites for hydroxylation is 6. The predicted molar refractivity (Wildman–Crippen MR) is 185 cm³/mol. The Labute approximate surface area is 264 Å². The Bertz CT molecular complexity index is 1640. The number of benzene rings is 4. The average Bonchev–Trinajstić information content (AvgIpc) is 2.96. The highest BCUT2D eigenvalue weighted by Gasteiger charge is 2.43. The van der Waals surface area contributed by atoms with Gasteiger partial charge >= 0.3 is 0 Å². The van der Waals surface area contributed by atoms with Crippen molar-refractivity contribution < 1.29 is 9.47 Å². The molecule has 1 fully saturated rings. The second-order valence-electron chi connectivity index (χ2n) is 13.9. The molecule has 0 aliphatic heterocycles. The number of hydrogen-bond acceptors (Lipinski definition) is 4. The Morgan fingerprint density at radius 3 is 1.55 bits per heavy atom. The minimum Gasteiger partial charge on any atom is -0.457 e. The SMILES string of the molecule is Cc1cc(Oc2c(C)cc(C3CC(C(C)C)CCC3(C)c3cc(C)c(Oc4ccc(N)c(C)c4)c(C)c3)cc2C)ccc1N. The highest BCUT2D eigenvalue weighted by Crippen LogP contribution is 2.53. The summed E-state index contributed by atoms with van der Waals surface area (Å²) in [5.41, 5.74) is 23.2. The number of ether oxygens (including phenoxy) is 2. The monoisotopic (exact) mass is 590 g/mol. The first-order chi connectivity index (χ1) is 20.8. The summed E-state index contributed by atoms with van der Waals surface area (Å²) >= 11 is 0. The van der Waals surface area contributed by atoms with Gasteiger partial charge in [-0.3, -0.25) is 0 Å². The smallest absolute Gasteiger partial charge is 0.133 e. The minimum atomic E-state index is -0.00739. The van der Waals surface area contributed by atoms with Crippen LogP contribution in [0.25, 0.3) is 0 Å². The summed E-state index contributed by atoms with van der Waals surface area (Å²) in [6, 6.07) is 21.3. The van der Waals surface area contributed by atoms with E-state index >= 15 is 0 Å². The Kier molecular flexibility index (Phi) is 8.75. The lowest BCUT2D eigenvalue weighted by Gasteiger charge is -2.47. The highest BCUT2D eigenvalue weighted by molar-refractivity contribution is 5.55. The van der Waals surface area contributed by atoms with Gasteiger partial charge in [0.25, 0.3) is 0 Å². The topological polar surface area (TPSA) is 70.5 Å². The fourth-order valence-corrected chi connectivity index (χ4v) is 7.24. The Hall–Kier alpha value is -3.92. The Morgan fingerprint density at radius 1 is 0.659 bits per heavy atom. The molecular formula is C40H50N2O2. The summed E-state index contributed by atoms with van der Waals surface area (Å²) < 4.78 is 12.9. The number of anilines is 2. The standard InChI is InChI=1S/C40H50N2O2/c1-23(2)30-14-15-40(9,32-18-28(7)39(29(8)19-32)44-34-11-13-37(42)25(4)21-34)35(22-30)31-16-26(5)38(27(6)17-31)43-33-10-12-36(41)24(3)20-33/h10-13,16-21,23,30,35H,14-15,22,41-42H2,1-9H3. The van der Waals surface area contributed by atoms with Crippen molar-refractivity contribution in [1.29, 1.82) is 0 Å². The van der Waals surface area contributed by atoms with E-state index in [1.54, 1.807) is 0 Å². The second-order valence-corrected chi connectivity index (χ2v) is 13.9. The van der Waals surface area contributed by atoms with Gasteiger partial charge in [-0.05, 0) is 165 Å². The predicted octanol–water partition coefficient (Wildman–Crippen LogP) is 10.8. The van der Waals surface area contributed by atoms with Gasteiger partial charge in [0.05, 0.1) is 0 Å². The van der Waals surface area contributed by atoms with E-state index in [9.17, 15) is 0 Å². The van der Waals surface area contributed by atoms with Crippen LogP contribution in [0.15, 0.2) is 60.7 Å². The van der Waals surface area contributed by atoms with Crippen LogP contribution in [-0.4, -0.2) is 0 Å². The molecule has 3 unspecified atom stereocenters. The molecule has 3 atom stereocenters. The van der Waals surface area contributed by atoms with Gasteiger partial charge in [0.1, 0.15) is 23.0 Å². The molecule has 0 bridgehead atoms. The van der Waals surface area contributed by atoms with Gasteiger partial charge < -0.3 is 20.9 Å². The molecule has 232 valence electrons. The van der Waals surface area contributed by atoms with Gasteiger partial charge in [0, 0.05) is 11.4 Å². The molecule has 44 heavy (non-hydrogen) atoms. The third-order valence-corrected chi connectivity index (χ3v) is 10.2. The summed E-state index contributed by atoms with van der Waals surface area (Å²) in [4.78, 5) is 0. The van der Waals surface area contributed by atoms with Crippen molar-refractivity contribution in [2.75, 3.05) is 11.5 Å². The summed E-state index contributed by atoms with van der Waals surface area (Å²) in [7, 11) is 0. The van der Waals surface area contributed by atoms with Crippen LogP contribution >= 0.6 is 0 Å². The van der Waals surface area contributed by atoms with Gasteiger partial charge in [-0.25, -0.2) is 0 Å². The summed E-state index contributed by atoms with van der Waals surface area (Å²) in [5.74, 6) is 5.24. The molecule has 1 aliphatic carbocycles. The molecule has 0 amide bonds. The quantitative estimate of drug-likeness (QED) is 0.210. The van der Waals surface area contributed by atoms with Gasteiger partial charge in [0.15, 0.2) is 0 Å². The zero-order valence-corrected chi connectivity index (χ0v) is 28.1. The molecule has 0 radical (unpaired) electrons. The number of nitrogens with two attached hydrogens (primary N) is 2. The van der Waals surface area contributed by atoms with E-state index in [4.69, 9.17) is 20.9 Å². The molecule has 4 nitrogen and oxygen atoms in total. The normalized spacial score (nSPS) is 20.1. The summed E-state index contributed by atoms with van der Waals surface area (Å²) in [6.45, 7) is 20.0. The number of hydrogen-bond donors (Lipinski definition) is 2. The fraction of sp³-hybridized carbons (Fsp3) is 0.400. The third kappa shape index (κ3) is 6.18. The number of rotatable bonds is 7. The largest absolute Gasteiger partial charge is 0.457 e. The Morgan fingerprint density at radius 2 is 1.11 bits per heavy atom. The maximum Gasteiger partial charge on any atom is 0.133 e. The molecule has 4 aromatic carbocycles. The average molecular weight is 591 g/mol. The first-order valence-electron chi connectivity index (χ1n) is 16.1. The molecule has 0 heterocycles. The molecule has 5 rings (SSSR count). The van der Waals surface area contributed by atoms with E-state index in [1.165, 1.54) is 35.1 Å². The molecule has 4 heteroatoms. The van der Waals surface area contributed by atoms with Crippen LogP contribution in [0.3, 0.4) is 0 Å². The zero-order chi connectivity index (χ0) is 31.9. The van der Waals surface area contributed by atoms with Gasteiger partial charge in [-0.15, -0.1) is 0 Å². The summed E-state index contributed by atoms with van der Waals surface area (Å²) in [6.07, 6.45) is 3.56. The minimum absolute atomic E-state index is 0.00739. The van der Waals surface area contributed by atoms with Crippen LogP contribution in [0.1, 0.15) is 90.5 Å². The van der Waals surface area contributed by atoms with E-state index in [-0.39, 0.29) is 5.41 Å². The second kappa shape index (κ2) is 12.2. The lowest BCUT2D eigenvalue weighted by Crippen LogP contribution is -2.38. The van der Waals surface area contributed by atoms with Crippen molar-refractivity contribution >= 4 is 11.4 Å². The zero-order valence-electron chi connectivity index (χ0n) is 28.1. The van der Waals surface area contributed by atoms with E-state index in [1.807, 2.05) is 50.2 Å². The fourth-order valence-electron chi connectivity index (χ4n) is 7.24. The molecule has 0 aromatic heterocycles. The maximum atomic E-state index is 6.44. The molecule has 1 aliphatic rings. The van der Waals surface area contributed by atoms with Gasteiger partial charge in [0.2, 0.25) is 0 Å². The molecule has 4 N–H and O–H groups in total. The van der Waals surface area contributed by atoms with Gasteiger partial charge in [-0.2, -0.15) is 0 Å².